The normalized spacial score (nSPS) is 10.5. The molecule has 126 valence electrons. The van der Waals surface area contributed by atoms with Gasteiger partial charge in [-0.05, 0) is 36.8 Å². The molecule has 3 aromatic rings. The molecule has 0 spiro atoms. The zero-order chi connectivity index (χ0) is 18.0. The summed E-state index contributed by atoms with van der Waals surface area (Å²) in [5.74, 6) is -2.04. The second-order valence-electron chi connectivity index (χ2n) is 5.37. The van der Waals surface area contributed by atoms with E-state index in [0.717, 1.165) is 10.4 Å². The van der Waals surface area contributed by atoms with Crippen LogP contribution in [-0.4, -0.2) is 17.0 Å². The molecule has 0 bridgehead atoms. The number of halogens is 1. The summed E-state index contributed by atoms with van der Waals surface area (Å²) in [6.45, 7) is 1.81. The van der Waals surface area contributed by atoms with E-state index in [9.17, 15) is 19.1 Å². The maximum atomic E-state index is 13.0. The van der Waals surface area contributed by atoms with Gasteiger partial charge in [0.25, 0.3) is 5.91 Å². The molecule has 3 rings (SSSR count). The van der Waals surface area contributed by atoms with Crippen LogP contribution < -0.4 is 5.32 Å². The summed E-state index contributed by atoms with van der Waals surface area (Å²) < 4.78 is 13.0. The van der Waals surface area contributed by atoms with Crippen LogP contribution >= 0.6 is 11.3 Å². The van der Waals surface area contributed by atoms with Crippen molar-refractivity contribution in [2.45, 2.75) is 6.92 Å². The minimum absolute atomic E-state index is 0.0594. The number of aryl methyl sites for hydroxylation is 1. The van der Waals surface area contributed by atoms with Gasteiger partial charge in [0.2, 0.25) is 0 Å². The van der Waals surface area contributed by atoms with E-state index in [2.05, 4.69) is 5.32 Å². The lowest BCUT2D eigenvalue weighted by molar-refractivity contribution is 0.0699. The maximum absolute atomic E-state index is 13.0. The van der Waals surface area contributed by atoms with Gasteiger partial charge >= 0.3 is 5.97 Å². The number of carboxylic acid groups (broad SMARTS) is 1. The topological polar surface area (TPSA) is 66.4 Å². The average Bonchev–Trinajstić information content (AvgIpc) is 2.92. The highest BCUT2D eigenvalue weighted by Crippen LogP contribution is 2.40. The number of carbonyl (C=O) groups excluding carboxylic acids is 1. The van der Waals surface area contributed by atoms with Crippen LogP contribution in [0.5, 0.6) is 0 Å². The predicted molar refractivity (Wildman–Crippen MR) is 95.8 cm³/mol. The third-order valence-corrected chi connectivity index (χ3v) is 4.71. The van der Waals surface area contributed by atoms with Gasteiger partial charge in [-0.1, -0.05) is 30.3 Å². The average molecular weight is 355 g/mol. The molecule has 25 heavy (non-hydrogen) atoms. The minimum Gasteiger partial charge on any atom is -0.478 e. The molecule has 2 aromatic carbocycles. The fourth-order valence-corrected chi connectivity index (χ4v) is 3.63. The van der Waals surface area contributed by atoms with Crippen LogP contribution in [0.2, 0.25) is 0 Å². The van der Waals surface area contributed by atoms with Crippen LogP contribution in [0, 0.1) is 12.7 Å². The summed E-state index contributed by atoms with van der Waals surface area (Å²) in [6, 6.07) is 14.2. The van der Waals surface area contributed by atoms with Crippen LogP contribution in [-0.2, 0) is 0 Å². The number of aromatic carboxylic acids is 1. The van der Waals surface area contributed by atoms with Crippen molar-refractivity contribution in [1.82, 2.24) is 0 Å². The van der Waals surface area contributed by atoms with Crippen LogP contribution in [0.1, 0.15) is 25.6 Å². The van der Waals surface area contributed by atoms with Crippen molar-refractivity contribution in [3.8, 4) is 11.1 Å². The third-order valence-electron chi connectivity index (χ3n) is 3.69. The molecule has 4 nitrogen and oxygen atoms in total. The van der Waals surface area contributed by atoms with E-state index in [1.807, 2.05) is 37.3 Å². The van der Waals surface area contributed by atoms with Gasteiger partial charge in [-0.2, -0.15) is 0 Å². The summed E-state index contributed by atoms with van der Waals surface area (Å²) in [5, 5.41) is 12.5. The van der Waals surface area contributed by atoms with Crippen molar-refractivity contribution in [2.75, 3.05) is 5.32 Å². The van der Waals surface area contributed by atoms with Gasteiger partial charge < -0.3 is 10.4 Å². The number of hydrogen-bond donors (Lipinski definition) is 2. The Morgan fingerprint density at radius 3 is 2.28 bits per heavy atom. The maximum Gasteiger partial charge on any atom is 0.339 e. The number of benzene rings is 2. The van der Waals surface area contributed by atoms with Crippen LogP contribution in [0.15, 0.2) is 54.6 Å². The van der Waals surface area contributed by atoms with E-state index >= 15 is 0 Å². The van der Waals surface area contributed by atoms with E-state index < -0.39 is 17.7 Å². The van der Waals surface area contributed by atoms with Crippen molar-refractivity contribution < 1.29 is 19.1 Å². The van der Waals surface area contributed by atoms with Gasteiger partial charge in [-0.15, -0.1) is 11.3 Å². The highest BCUT2D eigenvalue weighted by molar-refractivity contribution is 7.17. The van der Waals surface area contributed by atoms with E-state index in [1.54, 1.807) is 0 Å². The molecule has 0 unspecified atom stereocenters. The molecule has 0 aliphatic carbocycles. The molecule has 0 atom stereocenters. The molecule has 0 saturated carbocycles. The summed E-state index contributed by atoms with van der Waals surface area (Å²) in [4.78, 5) is 24.9. The highest BCUT2D eigenvalue weighted by atomic mass is 32.1. The van der Waals surface area contributed by atoms with Gasteiger partial charge in [-0.3, -0.25) is 4.79 Å². The number of nitrogens with one attached hydrogen (secondary N) is 1. The minimum atomic E-state index is -1.11. The van der Waals surface area contributed by atoms with Crippen LogP contribution in [0.3, 0.4) is 0 Å². The molecule has 0 aliphatic heterocycles. The van der Waals surface area contributed by atoms with Crippen molar-refractivity contribution >= 4 is 28.2 Å². The quantitative estimate of drug-likeness (QED) is 0.705. The first-order valence-electron chi connectivity index (χ1n) is 7.46. The van der Waals surface area contributed by atoms with Gasteiger partial charge in [0.1, 0.15) is 16.4 Å². The van der Waals surface area contributed by atoms with Gasteiger partial charge in [-0.25, -0.2) is 9.18 Å². The molecule has 0 saturated heterocycles. The summed E-state index contributed by atoms with van der Waals surface area (Å²) in [5.41, 5.74) is 1.68. The molecular weight excluding hydrogens is 341 g/mol. The number of carboxylic acids is 1. The highest BCUT2D eigenvalue weighted by Gasteiger charge is 2.24. The number of amides is 1. The Morgan fingerprint density at radius 1 is 1.04 bits per heavy atom. The third kappa shape index (κ3) is 3.44. The van der Waals surface area contributed by atoms with Gasteiger partial charge in [0.05, 0.1) is 0 Å². The molecule has 6 heteroatoms. The summed E-state index contributed by atoms with van der Waals surface area (Å²) >= 11 is 1.20. The Morgan fingerprint density at radius 2 is 1.68 bits per heavy atom. The molecule has 0 radical (unpaired) electrons. The first-order valence-corrected chi connectivity index (χ1v) is 8.28. The Balaban J connectivity index is 2.01. The van der Waals surface area contributed by atoms with Gasteiger partial charge in [0.15, 0.2) is 0 Å². The zero-order valence-electron chi connectivity index (χ0n) is 13.2. The fraction of sp³-hybridized carbons (Fsp3) is 0.0526. The lowest BCUT2D eigenvalue weighted by Crippen LogP contribution is -2.13. The first-order chi connectivity index (χ1) is 12.0. The van der Waals surface area contributed by atoms with E-state index in [4.69, 9.17) is 0 Å². The first kappa shape index (κ1) is 16.9. The molecule has 1 heterocycles. The number of rotatable bonds is 4. The molecule has 0 aliphatic rings. The second kappa shape index (κ2) is 6.86. The Bertz CT molecular complexity index is 933. The van der Waals surface area contributed by atoms with Crippen molar-refractivity contribution in [1.29, 1.82) is 0 Å². The number of anilines is 1. The Hall–Kier alpha value is -2.99. The van der Waals surface area contributed by atoms with Crippen molar-refractivity contribution in [3.05, 3.63) is 76.4 Å². The van der Waals surface area contributed by atoms with Gasteiger partial charge in [0, 0.05) is 16.0 Å². The SMILES string of the molecule is Cc1sc(NC(=O)c2ccc(F)cc2)c(C(=O)O)c1-c1ccccc1. The Kier molecular flexibility index (Phi) is 4.63. The number of hydrogen-bond acceptors (Lipinski definition) is 3. The molecule has 0 fully saturated rings. The Labute approximate surface area is 147 Å². The van der Waals surface area contributed by atoms with E-state index in [0.29, 0.717) is 5.56 Å². The molecule has 2 N–H and O–H groups in total. The van der Waals surface area contributed by atoms with E-state index in [1.165, 1.54) is 35.6 Å². The second-order valence-corrected chi connectivity index (χ2v) is 6.59. The monoisotopic (exact) mass is 355 g/mol. The fourth-order valence-electron chi connectivity index (χ4n) is 2.57. The number of carbonyl (C=O) groups is 2. The van der Waals surface area contributed by atoms with E-state index in [-0.39, 0.29) is 16.1 Å². The molecular formula is C19H14FNO3S. The predicted octanol–water partition coefficient (Wildman–Crippen LogP) is 4.81. The lowest BCUT2D eigenvalue weighted by Gasteiger charge is -2.06. The van der Waals surface area contributed by atoms with Crippen LogP contribution in [0.4, 0.5) is 9.39 Å². The number of thiophene rings is 1. The zero-order valence-corrected chi connectivity index (χ0v) is 14.1. The van der Waals surface area contributed by atoms with Crippen molar-refractivity contribution in [2.24, 2.45) is 0 Å². The smallest absolute Gasteiger partial charge is 0.339 e. The largest absolute Gasteiger partial charge is 0.478 e. The molecule has 1 amide bonds. The lowest BCUT2D eigenvalue weighted by atomic mass is 10.0. The summed E-state index contributed by atoms with van der Waals surface area (Å²) in [7, 11) is 0. The standard InChI is InChI=1S/C19H14FNO3S/c1-11-15(12-5-3-2-4-6-12)16(19(23)24)18(25-11)21-17(22)13-7-9-14(20)10-8-13/h2-10H,1H3,(H,21,22)(H,23,24). The van der Waals surface area contributed by atoms with Crippen LogP contribution in [0.25, 0.3) is 11.1 Å². The summed E-state index contributed by atoms with van der Waals surface area (Å²) in [6.07, 6.45) is 0. The molecule has 1 aromatic heterocycles. The van der Waals surface area contributed by atoms with Crippen molar-refractivity contribution in [3.63, 3.8) is 0 Å².